The zero-order chi connectivity index (χ0) is 15.0. The topological polar surface area (TPSA) is 84.7 Å². The molecule has 1 saturated heterocycles. The lowest BCUT2D eigenvalue weighted by Gasteiger charge is -2.23. The fraction of sp³-hybridized carbons (Fsp3) is 0.467. The van der Waals surface area contributed by atoms with E-state index in [1.54, 1.807) is 18.2 Å². The van der Waals surface area contributed by atoms with Gasteiger partial charge in [-0.25, -0.2) is 0 Å². The number of carbonyl (C=O) groups is 2. The van der Waals surface area contributed by atoms with E-state index in [0.717, 1.165) is 6.42 Å². The van der Waals surface area contributed by atoms with Gasteiger partial charge in [-0.2, -0.15) is 0 Å². The summed E-state index contributed by atoms with van der Waals surface area (Å²) in [4.78, 5) is 25.7. The SMILES string of the molecule is CC1(CN)CCN(C(=O)c2ccc3c(c2)NC(=O)CO3)C1.Cl. The standard InChI is InChI=1S/C15H19N3O3.ClH/c1-15(8-16)4-5-18(9-15)14(20)10-2-3-12-11(6-10)17-13(19)7-21-12;/h2-3,6H,4-5,7-9,16H2,1H3,(H,17,19);1H. The first-order valence-corrected chi connectivity index (χ1v) is 7.07. The molecule has 2 amide bonds. The number of nitrogens with one attached hydrogen (secondary N) is 1. The van der Waals surface area contributed by atoms with E-state index >= 15 is 0 Å². The Labute approximate surface area is 135 Å². The molecular weight excluding hydrogens is 306 g/mol. The number of nitrogens with two attached hydrogens (primary N) is 1. The number of rotatable bonds is 2. The van der Waals surface area contributed by atoms with Crippen LogP contribution in [0.4, 0.5) is 5.69 Å². The molecule has 1 fully saturated rings. The Bertz CT molecular complexity index is 608. The summed E-state index contributed by atoms with van der Waals surface area (Å²) in [5.74, 6) is 0.359. The summed E-state index contributed by atoms with van der Waals surface area (Å²) in [6, 6.07) is 5.13. The average molecular weight is 326 g/mol. The Balaban J connectivity index is 0.00000176. The summed E-state index contributed by atoms with van der Waals surface area (Å²) in [5.41, 5.74) is 6.88. The minimum Gasteiger partial charge on any atom is -0.482 e. The fourth-order valence-corrected chi connectivity index (χ4v) is 2.76. The molecule has 0 bridgehead atoms. The third-order valence-electron chi connectivity index (χ3n) is 4.20. The second-order valence-electron chi connectivity index (χ2n) is 6.04. The highest BCUT2D eigenvalue weighted by molar-refractivity contribution is 6.00. The highest BCUT2D eigenvalue weighted by atomic mass is 35.5. The lowest BCUT2D eigenvalue weighted by molar-refractivity contribution is -0.118. The zero-order valence-electron chi connectivity index (χ0n) is 12.4. The van der Waals surface area contributed by atoms with Crippen molar-refractivity contribution in [1.82, 2.24) is 4.90 Å². The van der Waals surface area contributed by atoms with Crippen LogP contribution < -0.4 is 15.8 Å². The van der Waals surface area contributed by atoms with E-state index in [1.807, 2.05) is 4.90 Å². The molecule has 1 atom stereocenters. The number of nitrogens with zero attached hydrogens (tertiary/aromatic N) is 1. The molecule has 0 radical (unpaired) electrons. The predicted molar refractivity (Wildman–Crippen MR) is 85.5 cm³/mol. The second kappa shape index (κ2) is 6.14. The largest absolute Gasteiger partial charge is 0.482 e. The van der Waals surface area contributed by atoms with Crippen LogP contribution >= 0.6 is 12.4 Å². The first kappa shape index (κ1) is 16.6. The maximum absolute atomic E-state index is 12.5. The molecule has 0 spiro atoms. The van der Waals surface area contributed by atoms with Gasteiger partial charge in [-0.3, -0.25) is 9.59 Å². The monoisotopic (exact) mass is 325 g/mol. The van der Waals surface area contributed by atoms with Crippen LogP contribution in [0, 0.1) is 5.41 Å². The third kappa shape index (κ3) is 3.03. The van der Waals surface area contributed by atoms with E-state index in [0.29, 0.717) is 36.6 Å². The Kier molecular flexibility index (Phi) is 4.63. The van der Waals surface area contributed by atoms with Gasteiger partial charge in [0.15, 0.2) is 6.61 Å². The van der Waals surface area contributed by atoms with Gasteiger partial charge in [0.2, 0.25) is 0 Å². The maximum atomic E-state index is 12.5. The molecule has 1 aromatic rings. The zero-order valence-corrected chi connectivity index (χ0v) is 13.2. The Morgan fingerprint density at radius 3 is 2.95 bits per heavy atom. The van der Waals surface area contributed by atoms with E-state index in [1.165, 1.54) is 0 Å². The number of ether oxygens (including phenoxy) is 1. The summed E-state index contributed by atoms with van der Waals surface area (Å²) >= 11 is 0. The van der Waals surface area contributed by atoms with Crippen molar-refractivity contribution < 1.29 is 14.3 Å². The maximum Gasteiger partial charge on any atom is 0.262 e. The van der Waals surface area contributed by atoms with E-state index < -0.39 is 0 Å². The van der Waals surface area contributed by atoms with Crippen molar-refractivity contribution in [2.75, 3.05) is 31.6 Å². The van der Waals surface area contributed by atoms with Crippen molar-refractivity contribution in [2.45, 2.75) is 13.3 Å². The molecule has 6 nitrogen and oxygen atoms in total. The minimum absolute atomic E-state index is 0. The molecule has 2 aliphatic heterocycles. The molecule has 2 aliphatic rings. The van der Waals surface area contributed by atoms with E-state index in [9.17, 15) is 9.59 Å². The van der Waals surface area contributed by atoms with Crippen molar-refractivity contribution in [2.24, 2.45) is 11.1 Å². The Morgan fingerprint density at radius 2 is 2.27 bits per heavy atom. The van der Waals surface area contributed by atoms with Crippen LogP contribution in [-0.2, 0) is 4.79 Å². The summed E-state index contributed by atoms with van der Waals surface area (Å²) in [7, 11) is 0. The third-order valence-corrected chi connectivity index (χ3v) is 4.20. The number of hydrogen-bond donors (Lipinski definition) is 2. The van der Waals surface area contributed by atoms with Gasteiger partial charge >= 0.3 is 0 Å². The Hall–Kier alpha value is -1.79. The quantitative estimate of drug-likeness (QED) is 0.857. The van der Waals surface area contributed by atoms with Crippen LogP contribution in [0.15, 0.2) is 18.2 Å². The summed E-state index contributed by atoms with van der Waals surface area (Å²) in [6.45, 7) is 4.07. The van der Waals surface area contributed by atoms with E-state index in [-0.39, 0.29) is 36.2 Å². The first-order valence-electron chi connectivity index (χ1n) is 7.07. The fourth-order valence-electron chi connectivity index (χ4n) is 2.76. The highest BCUT2D eigenvalue weighted by Crippen LogP contribution is 2.32. The van der Waals surface area contributed by atoms with Crippen LogP contribution in [-0.4, -0.2) is 43.0 Å². The van der Waals surface area contributed by atoms with E-state index in [2.05, 4.69) is 12.2 Å². The average Bonchev–Trinajstić information content (AvgIpc) is 2.89. The first-order chi connectivity index (χ1) is 10.0. The van der Waals surface area contributed by atoms with Crippen LogP contribution in [0.2, 0.25) is 0 Å². The molecule has 1 unspecified atom stereocenters. The van der Waals surface area contributed by atoms with Crippen LogP contribution in [0.5, 0.6) is 5.75 Å². The number of halogens is 1. The molecular formula is C15H20ClN3O3. The molecule has 3 N–H and O–H groups in total. The number of benzene rings is 1. The van der Waals surface area contributed by atoms with Crippen LogP contribution in [0.25, 0.3) is 0 Å². The molecule has 22 heavy (non-hydrogen) atoms. The van der Waals surface area contributed by atoms with Gasteiger partial charge in [0.25, 0.3) is 11.8 Å². The van der Waals surface area contributed by atoms with Crippen molar-refractivity contribution >= 4 is 29.9 Å². The van der Waals surface area contributed by atoms with Gasteiger partial charge in [0, 0.05) is 18.7 Å². The van der Waals surface area contributed by atoms with Crippen molar-refractivity contribution in [3.8, 4) is 5.75 Å². The summed E-state index contributed by atoms with van der Waals surface area (Å²) < 4.78 is 5.29. The van der Waals surface area contributed by atoms with Crippen molar-refractivity contribution in [3.05, 3.63) is 23.8 Å². The van der Waals surface area contributed by atoms with Gasteiger partial charge in [0.05, 0.1) is 5.69 Å². The molecule has 0 saturated carbocycles. The Morgan fingerprint density at radius 1 is 1.50 bits per heavy atom. The van der Waals surface area contributed by atoms with Crippen LogP contribution in [0.1, 0.15) is 23.7 Å². The lowest BCUT2D eigenvalue weighted by atomic mass is 9.90. The van der Waals surface area contributed by atoms with Crippen molar-refractivity contribution in [3.63, 3.8) is 0 Å². The van der Waals surface area contributed by atoms with Gasteiger partial charge < -0.3 is 20.7 Å². The van der Waals surface area contributed by atoms with Crippen molar-refractivity contribution in [1.29, 1.82) is 0 Å². The minimum atomic E-state index is -0.205. The van der Waals surface area contributed by atoms with Gasteiger partial charge in [0.1, 0.15) is 5.75 Å². The number of likely N-dealkylation sites (tertiary alicyclic amines) is 1. The molecule has 3 rings (SSSR count). The highest BCUT2D eigenvalue weighted by Gasteiger charge is 2.35. The number of amides is 2. The number of fused-ring (bicyclic) bond motifs is 1. The van der Waals surface area contributed by atoms with Gasteiger partial charge in [-0.1, -0.05) is 6.92 Å². The molecule has 120 valence electrons. The van der Waals surface area contributed by atoms with Gasteiger partial charge in [-0.05, 0) is 36.6 Å². The number of hydrogen-bond acceptors (Lipinski definition) is 4. The number of anilines is 1. The van der Waals surface area contributed by atoms with Gasteiger partial charge in [-0.15, -0.1) is 12.4 Å². The van der Waals surface area contributed by atoms with E-state index in [4.69, 9.17) is 10.5 Å². The molecule has 7 heteroatoms. The molecule has 1 aromatic carbocycles. The second-order valence-corrected chi connectivity index (χ2v) is 6.04. The van der Waals surface area contributed by atoms with Crippen LogP contribution in [0.3, 0.4) is 0 Å². The normalized spacial score (nSPS) is 23.2. The number of carbonyl (C=O) groups excluding carboxylic acids is 2. The summed E-state index contributed by atoms with van der Waals surface area (Å²) in [6.07, 6.45) is 0.917. The molecule has 0 aliphatic carbocycles. The molecule has 0 aromatic heterocycles. The smallest absolute Gasteiger partial charge is 0.262 e. The summed E-state index contributed by atoms with van der Waals surface area (Å²) in [5, 5.41) is 2.72. The molecule has 2 heterocycles. The predicted octanol–water partition coefficient (Wildman–Crippen LogP) is 1.25. The lowest BCUT2D eigenvalue weighted by Crippen LogP contribution is -2.34.